The molecule has 368 valence electrons. The second kappa shape index (κ2) is 21.9. The third kappa shape index (κ3) is 10.9. The fourth-order valence-electron chi connectivity index (χ4n) is 9.96. The number of aromatic nitrogens is 2. The summed E-state index contributed by atoms with van der Waals surface area (Å²) in [6, 6.07) is 6.23. The van der Waals surface area contributed by atoms with Crippen LogP contribution in [0.5, 0.6) is 0 Å². The van der Waals surface area contributed by atoms with Crippen LogP contribution in [0.3, 0.4) is 0 Å². The van der Waals surface area contributed by atoms with Crippen molar-refractivity contribution >= 4 is 46.3 Å². The minimum atomic E-state index is -1.11. The number of benzene rings is 1. The second-order valence-electron chi connectivity index (χ2n) is 19.4. The van der Waals surface area contributed by atoms with E-state index in [0.29, 0.717) is 51.2 Å². The Hall–Kier alpha value is -6.07. The zero-order valence-electron chi connectivity index (χ0n) is 41.7. The zero-order chi connectivity index (χ0) is 49.6. The van der Waals surface area contributed by atoms with Crippen molar-refractivity contribution in [2.45, 2.75) is 124 Å². The molecular formula is C51H71N9O8. The fraction of sp³-hybridized carbons (Fsp3) is 0.549. The van der Waals surface area contributed by atoms with Crippen molar-refractivity contribution < 1.29 is 38.3 Å². The summed E-state index contributed by atoms with van der Waals surface area (Å²) < 4.78 is 14.2. The average molecular weight is 938 g/mol. The third-order valence-corrected chi connectivity index (χ3v) is 13.3. The van der Waals surface area contributed by atoms with Crippen LogP contribution in [0.25, 0.3) is 22.2 Å². The molecule has 4 bridgehead atoms. The van der Waals surface area contributed by atoms with E-state index in [-0.39, 0.29) is 49.1 Å². The number of hydrazine groups is 1. The zero-order valence-corrected chi connectivity index (χ0v) is 41.7. The number of amides is 5. The van der Waals surface area contributed by atoms with E-state index in [4.69, 9.17) is 19.3 Å². The first kappa shape index (κ1) is 51.3. The molecule has 0 unspecified atom stereocenters. The van der Waals surface area contributed by atoms with Gasteiger partial charge >= 0.3 is 12.0 Å². The SMILES string of the molecule is C=CC(=O)N1C[C@@H](C)N(C(=O)N(C)[C@H](C(=O)N[C@H]2C/C=C/C(=N\OC)c3ccc4c(c3)c(c(-c3cccnc3[C@H](C)OC)n4CC)CC(C)(C)COC(=O)[C@@H]3CCCN(N3)C2=O)C(C)C)[C@H](C)C1. The van der Waals surface area contributed by atoms with E-state index in [1.165, 1.54) is 23.1 Å². The lowest BCUT2D eigenvalue weighted by Gasteiger charge is -2.46. The Morgan fingerprint density at radius 2 is 1.84 bits per heavy atom. The van der Waals surface area contributed by atoms with Crippen LogP contribution in [0.2, 0.25) is 0 Å². The van der Waals surface area contributed by atoms with Gasteiger partial charge in [0.05, 0.1) is 24.1 Å². The Morgan fingerprint density at radius 1 is 1.12 bits per heavy atom. The number of carbonyl (C=O) groups excluding carboxylic acids is 5. The predicted molar refractivity (Wildman–Crippen MR) is 261 cm³/mol. The number of rotatable bonds is 10. The van der Waals surface area contributed by atoms with Gasteiger partial charge in [-0.3, -0.25) is 29.2 Å². The van der Waals surface area contributed by atoms with Crippen LogP contribution in [0.15, 0.2) is 66.5 Å². The number of nitrogens with one attached hydrogen (secondary N) is 2. The predicted octanol–water partition coefficient (Wildman–Crippen LogP) is 6.02. The van der Waals surface area contributed by atoms with Gasteiger partial charge in [-0.15, -0.1) is 0 Å². The van der Waals surface area contributed by atoms with Crippen molar-refractivity contribution in [1.29, 1.82) is 0 Å². The van der Waals surface area contributed by atoms with Crippen LogP contribution in [0.4, 0.5) is 4.79 Å². The highest BCUT2D eigenvalue weighted by Gasteiger charge is 2.41. The van der Waals surface area contributed by atoms with Gasteiger partial charge in [0.25, 0.3) is 5.91 Å². The van der Waals surface area contributed by atoms with E-state index in [9.17, 15) is 24.0 Å². The number of esters is 1. The number of ether oxygens (including phenoxy) is 2. The van der Waals surface area contributed by atoms with Crippen LogP contribution in [0.1, 0.15) is 97.6 Å². The number of allylic oxidation sites excluding steroid dienone is 1. The smallest absolute Gasteiger partial charge is 0.324 e. The van der Waals surface area contributed by atoms with Crippen molar-refractivity contribution in [3.63, 3.8) is 0 Å². The molecule has 0 radical (unpaired) electrons. The van der Waals surface area contributed by atoms with E-state index in [1.54, 1.807) is 42.3 Å². The molecule has 3 aliphatic heterocycles. The summed E-state index contributed by atoms with van der Waals surface area (Å²) in [5.74, 6) is -2.00. The van der Waals surface area contributed by atoms with Gasteiger partial charge in [0.1, 0.15) is 30.9 Å². The van der Waals surface area contributed by atoms with Crippen LogP contribution in [0, 0.1) is 11.3 Å². The number of hydrogen-bond donors (Lipinski definition) is 2. The van der Waals surface area contributed by atoms with Gasteiger partial charge in [-0.1, -0.05) is 51.6 Å². The van der Waals surface area contributed by atoms with Crippen LogP contribution < -0.4 is 10.7 Å². The minimum Gasteiger partial charge on any atom is -0.464 e. The van der Waals surface area contributed by atoms with Gasteiger partial charge in [0, 0.05) is 86.1 Å². The number of cyclic esters (lactones) is 1. The number of methoxy groups -OCH3 is 1. The molecule has 3 aliphatic rings. The van der Waals surface area contributed by atoms with Gasteiger partial charge in [-0.25, -0.2) is 10.2 Å². The third-order valence-electron chi connectivity index (χ3n) is 13.3. The summed E-state index contributed by atoms with van der Waals surface area (Å²) in [6.07, 6.45) is 7.86. The van der Waals surface area contributed by atoms with Crippen molar-refractivity contribution in [1.82, 2.24) is 40.0 Å². The van der Waals surface area contributed by atoms with Gasteiger partial charge in [-0.2, -0.15) is 0 Å². The first-order valence-corrected chi connectivity index (χ1v) is 23.8. The van der Waals surface area contributed by atoms with E-state index < -0.39 is 41.3 Å². The number of oxime groups is 1. The highest BCUT2D eigenvalue weighted by Crippen LogP contribution is 2.41. The van der Waals surface area contributed by atoms with Crippen molar-refractivity contribution in [3.8, 4) is 11.3 Å². The maximum absolute atomic E-state index is 14.6. The lowest BCUT2D eigenvalue weighted by Crippen LogP contribution is -2.65. The van der Waals surface area contributed by atoms with E-state index in [0.717, 1.165) is 39.0 Å². The van der Waals surface area contributed by atoms with E-state index in [2.05, 4.69) is 66.0 Å². The molecule has 3 aromatic rings. The first-order valence-electron chi connectivity index (χ1n) is 23.8. The van der Waals surface area contributed by atoms with Crippen LogP contribution in [-0.2, 0) is 46.5 Å². The minimum absolute atomic E-state index is 0.0376. The average Bonchev–Trinajstić information content (AvgIpc) is 3.62. The number of carbonyl (C=O) groups is 5. The molecule has 0 saturated carbocycles. The van der Waals surface area contributed by atoms with Gasteiger partial charge in [-0.05, 0) is 101 Å². The summed E-state index contributed by atoms with van der Waals surface area (Å²) >= 11 is 0. The standard InChI is InChI=1S/C51H71N9O8/c1-13-43(61)57-28-32(5)60(33(6)29-57)50(65)56(10)45(31(3)4)47(62)53-40-20-15-19-39(55-67-12)35-22-23-42-37(26-35)38(46(58(42)14-2)36-18-16-24-52-44(36)34(7)66-11)27-51(8,9)30-68-49(64)41-21-17-25-59(54-41)48(40)63/h13,15-16,18-19,22-24,26,31-34,40-41,45,54H,1,14,17,20-21,25,27-30H2,2-12H3,(H,53,62)/b19-15+,55-39+/t32-,33-,34+,40+,41+,45+/m1/s1. The molecule has 0 spiro atoms. The number of fused-ring (bicyclic) bond motifs is 3. The summed E-state index contributed by atoms with van der Waals surface area (Å²) in [6.45, 7) is 21.0. The Morgan fingerprint density at radius 3 is 2.49 bits per heavy atom. The Bertz CT molecular complexity index is 2410. The fourth-order valence-corrected chi connectivity index (χ4v) is 9.96. The maximum Gasteiger partial charge on any atom is 0.324 e. The monoisotopic (exact) mass is 938 g/mol. The lowest BCUT2D eigenvalue weighted by molar-refractivity contribution is -0.155. The topological polar surface area (TPSA) is 180 Å². The maximum atomic E-state index is 14.6. The molecule has 17 heteroatoms. The number of nitrogens with zero attached hydrogens (tertiary/aromatic N) is 7. The summed E-state index contributed by atoms with van der Waals surface area (Å²) in [5.41, 5.74) is 8.63. The Kier molecular flexibility index (Phi) is 16.5. The van der Waals surface area contributed by atoms with Crippen molar-refractivity contribution in [2.75, 3.05) is 47.5 Å². The number of pyridine rings is 1. The summed E-state index contributed by atoms with van der Waals surface area (Å²) in [5, 5.41) is 9.81. The molecule has 6 rings (SSSR count). The molecule has 5 heterocycles. The van der Waals surface area contributed by atoms with E-state index in [1.807, 2.05) is 46.8 Å². The quantitative estimate of drug-likeness (QED) is 0.139. The van der Waals surface area contributed by atoms with Crippen LogP contribution in [-0.4, -0.2) is 142 Å². The summed E-state index contributed by atoms with van der Waals surface area (Å²) in [7, 11) is 4.74. The van der Waals surface area contributed by atoms with E-state index >= 15 is 0 Å². The normalized spacial score (nSPS) is 23.4. The van der Waals surface area contributed by atoms with Crippen LogP contribution >= 0.6 is 0 Å². The molecular weight excluding hydrogens is 867 g/mol. The molecule has 5 amide bonds. The molecule has 2 saturated heterocycles. The highest BCUT2D eigenvalue weighted by atomic mass is 16.6. The highest BCUT2D eigenvalue weighted by molar-refractivity contribution is 6.11. The molecule has 2 fully saturated rings. The number of aryl methyl sites for hydroxylation is 1. The Labute approximate surface area is 400 Å². The lowest BCUT2D eigenvalue weighted by atomic mass is 9.84. The largest absolute Gasteiger partial charge is 0.464 e. The summed E-state index contributed by atoms with van der Waals surface area (Å²) in [4.78, 5) is 84.8. The molecule has 2 aromatic heterocycles. The molecule has 1 aromatic carbocycles. The first-order chi connectivity index (χ1) is 32.4. The van der Waals surface area contributed by atoms with Crippen molar-refractivity contribution in [3.05, 3.63) is 78.2 Å². The number of piperazine rings is 1. The molecule has 2 N–H and O–H groups in total. The van der Waals surface area contributed by atoms with Gasteiger partial charge in [0.2, 0.25) is 11.8 Å². The number of urea groups is 1. The Balaban J connectivity index is 1.40. The molecule has 68 heavy (non-hydrogen) atoms. The van der Waals surface area contributed by atoms with Crippen molar-refractivity contribution in [2.24, 2.45) is 16.5 Å². The number of hydrogen-bond acceptors (Lipinski definition) is 11. The number of likely N-dealkylation sites (N-methyl/N-ethyl adjacent to an activating group) is 1. The molecule has 17 nitrogen and oxygen atoms in total. The molecule has 0 aliphatic carbocycles. The molecule has 6 atom stereocenters. The second-order valence-corrected chi connectivity index (χ2v) is 19.4. The van der Waals surface area contributed by atoms with Gasteiger partial charge < -0.3 is 38.9 Å². The van der Waals surface area contributed by atoms with Gasteiger partial charge in [0.15, 0.2) is 0 Å².